The first-order valence-corrected chi connectivity index (χ1v) is 8.24. The number of hydrogen-bond donors (Lipinski definition) is 0. The maximum Gasteiger partial charge on any atom is 0.320 e. The van der Waals surface area contributed by atoms with Crippen LogP contribution < -0.4 is 4.90 Å². The first-order valence-electron chi connectivity index (χ1n) is 8.24. The molecule has 1 aliphatic rings. The fraction of sp³-hybridized carbons (Fsp3) is 0.500. The number of tetrazole rings is 1. The van der Waals surface area contributed by atoms with E-state index in [1.54, 1.807) is 4.68 Å². The lowest BCUT2D eigenvalue weighted by atomic mass is 10.3. The van der Waals surface area contributed by atoms with Gasteiger partial charge in [0.25, 0.3) is 0 Å². The number of hydrogen-bond acceptors (Lipinski definition) is 7. The van der Waals surface area contributed by atoms with E-state index in [0.717, 1.165) is 44.2 Å². The molecule has 0 atom stereocenters. The fourth-order valence-corrected chi connectivity index (χ4v) is 2.83. The Hall–Kier alpha value is -2.48. The number of esters is 1. The lowest BCUT2D eigenvalue weighted by molar-refractivity contribution is -0.144. The Labute approximate surface area is 141 Å². The number of para-hydroxylation sites is 1. The van der Waals surface area contributed by atoms with Gasteiger partial charge in [0.05, 0.1) is 18.8 Å². The van der Waals surface area contributed by atoms with Gasteiger partial charge in [-0.1, -0.05) is 23.3 Å². The summed E-state index contributed by atoms with van der Waals surface area (Å²) in [5.41, 5.74) is 0.935. The van der Waals surface area contributed by atoms with Crippen LogP contribution in [-0.2, 0) is 9.53 Å². The zero-order chi connectivity index (χ0) is 16.8. The van der Waals surface area contributed by atoms with E-state index in [4.69, 9.17) is 4.74 Å². The molecule has 3 rings (SSSR count). The molecule has 1 saturated heterocycles. The minimum Gasteiger partial charge on any atom is -0.465 e. The largest absolute Gasteiger partial charge is 0.465 e. The molecule has 1 aromatic heterocycles. The minimum absolute atomic E-state index is 0.167. The number of rotatable bonds is 5. The molecule has 0 saturated carbocycles. The standard InChI is InChI=1S/C16H22N6O2/c1-2-24-15(23)13-20-9-6-10-21(12-11-20)16-17-18-19-22(16)14-7-4-3-5-8-14/h3-5,7-8H,2,6,9-13H2,1H3. The normalized spacial score (nSPS) is 16.0. The molecule has 1 aliphatic heterocycles. The highest BCUT2D eigenvalue weighted by Crippen LogP contribution is 2.17. The summed E-state index contributed by atoms with van der Waals surface area (Å²) >= 11 is 0. The first kappa shape index (κ1) is 16.4. The summed E-state index contributed by atoms with van der Waals surface area (Å²) in [5.74, 6) is 0.569. The predicted octanol–water partition coefficient (Wildman–Crippen LogP) is 0.738. The van der Waals surface area contributed by atoms with Crippen LogP contribution in [0.4, 0.5) is 5.95 Å². The number of anilines is 1. The van der Waals surface area contributed by atoms with Crippen molar-refractivity contribution in [1.29, 1.82) is 0 Å². The molecular weight excluding hydrogens is 308 g/mol. The van der Waals surface area contributed by atoms with Crippen LogP contribution in [0.15, 0.2) is 30.3 Å². The third-order valence-corrected chi connectivity index (χ3v) is 3.98. The highest BCUT2D eigenvalue weighted by atomic mass is 16.5. The van der Waals surface area contributed by atoms with E-state index in [1.165, 1.54) is 0 Å². The number of aromatic nitrogens is 4. The van der Waals surface area contributed by atoms with E-state index in [1.807, 2.05) is 37.3 Å². The predicted molar refractivity (Wildman–Crippen MR) is 89.1 cm³/mol. The van der Waals surface area contributed by atoms with E-state index in [0.29, 0.717) is 13.2 Å². The molecule has 8 nitrogen and oxygen atoms in total. The minimum atomic E-state index is -0.167. The molecule has 0 aliphatic carbocycles. The van der Waals surface area contributed by atoms with Crippen molar-refractivity contribution in [1.82, 2.24) is 25.1 Å². The molecule has 1 aromatic carbocycles. The quantitative estimate of drug-likeness (QED) is 0.748. The van der Waals surface area contributed by atoms with Crippen molar-refractivity contribution in [2.75, 3.05) is 44.2 Å². The summed E-state index contributed by atoms with van der Waals surface area (Å²) in [6.45, 7) is 5.85. The second-order valence-corrected chi connectivity index (χ2v) is 5.65. The second-order valence-electron chi connectivity index (χ2n) is 5.65. The van der Waals surface area contributed by atoms with Crippen LogP contribution in [0.3, 0.4) is 0 Å². The Morgan fingerprint density at radius 1 is 1.17 bits per heavy atom. The Balaban J connectivity index is 1.67. The Bertz CT molecular complexity index is 660. The molecule has 8 heteroatoms. The summed E-state index contributed by atoms with van der Waals surface area (Å²) in [4.78, 5) is 15.9. The monoisotopic (exact) mass is 330 g/mol. The molecule has 0 spiro atoms. The van der Waals surface area contributed by atoms with E-state index in [2.05, 4.69) is 25.3 Å². The Morgan fingerprint density at radius 3 is 2.79 bits per heavy atom. The highest BCUT2D eigenvalue weighted by Gasteiger charge is 2.21. The van der Waals surface area contributed by atoms with Gasteiger partial charge in [0.2, 0.25) is 5.95 Å². The fourth-order valence-electron chi connectivity index (χ4n) is 2.83. The van der Waals surface area contributed by atoms with E-state index in [9.17, 15) is 4.79 Å². The second kappa shape index (κ2) is 7.87. The zero-order valence-electron chi connectivity index (χ0n) is 13.8. The van der Waals surface area contributed by atoms with Crippen LogP contribution in [0.25, 0.3) is 5.69 Å². The smallest absolute Gasteiger partial charge is 0.320 e. The van der Waals surface area contributed by atoms with Crippen LogP contribution >= 0.6 is 0 Å². The molecule has 128 valence electrons. The van der Waals surface area contributed by atoms with Gasteiger partial charge >= 0.3 is 5.97 Å². The van der Waals surface area contributed by atoms with Gasteiger partial charge in [-0.05, 0) is 35.9 Å². The van der Waals surface area contributed by atoms with Crippen molar-refractivity contribution in [2.24, 2.45) is 0 Å². The van der Waals surface area contributed by atoms with Gasteiger partial charge in [0, 0.05) is 26.2 Å². The molecular formula is C16H22N6O2. The van der Waals surface area contributed by atoms with Gasteiger partial charge in [-0.2, -0.15) is 4.68 Å². The molecule has 2 aromatic rings. The molecule has 24 heavy (non-hydrogen) atoms. The maximum absolute atomic E-state index is 11.7. The average Bonchev–Trinajstić information content (AvgIpc) is 2.97. The maximum atomic E-state index is 11.7. The molecule has 0 bridgehead atoms. The highest BCUT2D eigenvalue weighted by molar-refractivity contribution is 5.71. The summed E-state index contributed by atoms with van der Waals surface area (Å²) < 4.78 is 6.78. The molecule has 0 N–H and O–H groups in total. The molecule has 0 unspecified atom stereocenters. The van der Waals surface area contributed by atoms with Crippen molar-refractivity contribution in [3.8, 4) is 5.69 Å². The number of carbonyl (C=O) groups is 1. The van der Waals surface area contributed by atoms with Crippen LogP contribution in [0.5, 0.6) is 0 Å². The third kappa shape index (κ3) is 3.88. The summed E-state index contributed by atoms with van der Waals surface area (Å²) in [5, 5.41) is 12.1. The first-order chi connectivity index (χ1) is 11.8. The molecule has 2 heterocycles. The van der Waals surface area contributed by atoms with E-state index >= 15 is 0 Å². The Kier molecular flexibility index (Phi) is 5.37. The van der Waals surface area contributed by atoms with E-state index in [-0.39, 0.29) is 5.97 Å². The van der Waals surface area contributed by atoms with Gasteiger partial charge in [-0.3, -0.25) is 9.69 Å². The van der Waals surface area contributed by atoms with Crippen LogP contribution in [0.2, 0.25) is 0 Å². The zero-order valence-corrected chi connectivity index (χ0v) is 13.8. The molecule has 1 fully saturated rings. The van der Waals surface area contributed by atoms with E-state index < -0.39 is 0 Å². The third-order valence-electron chi connectivity index (χ3n) is 3.98. The number of carbonyl (C=O) groups excluding carboxylic acids is 1. The van der Waals surface area contributed by atoms with Crippen molar-refractivity contribution in [2.45, 2.75) is 13.3 Å². The van der Waals surface area contributed by atoms with Gasteiger partial charge in [0.15, 0.2) is 0 Å². The topological polar surface area (TPSA) is 76.4 Å². The summed E-state index contributed by atoms with van der Waals surface area (Å²) in [6, 6.07) is 9.84. The summed E-state index contributed by atoms with van der Waals surface area (Å²) in [6.07, 6.45) is 0.945. The van der Waals surface area contributed by atoms with Crippen molar-refractivity contribution in [3.63, 3.8) is 0 Å². The number of benzene rings is 1. The lowest BCUT2D eigenvalue weighted by Crippen LogP contribution is -2.35. The Morgan fingerprint density at radius 2 is 2.00 bits per heavy atom. The van der Waals surface area contributed by atoms with Gasteiger partial charge in [0.1, 0.15) is 0 Å². The number of ether oxygens (including phenoxy) is 1. The van der Waals surface area contributed by atoms with Gasteiger partial charge in [-0.25, -0.2) is 0 Å². The lowest BCUT2D eigenvalue weighted by Gasteiger charge is -2.21. The van der Waals surface area contributed by atoms with Crippen LogP contribution in [0, 0.1) is 0 Å². The summed E-state index contributed by atoms with van der Waals surface area (Å²) in [7, 11) is 0. The van der Waals surface area contributed by atoms with Crippen LogP contribution in [-0.4, -0.2) is 70.4 Å². The van der Waals surface area contributed by atoms with Crippen molar-refractivity contribution < 1.29 is 9.53 Å². The van der Waals surface area contributed by atoms with Crippen LogP contribution in [0.1, 0.15) is 13.3 Å². The van der Waals surface area contributed by atoms with Crippen molar-refractivity contribution >= 4 is 11.9 Å². The van der Waals surface area contributed by atoms with Gasteiger partial charge < -0.3 is 9.64 Å². The SMILES string of the molecule is CCOC(=O)CN1CCCN(c2nnnn2-c2ccccc2)CC1. The van der Waals surface area contributed by atoms with Crippen molar-refractivity contribution in [3.05, 3.63) is 30.3 Å². The average molecular weight is 330 g/mol. The van der Waals surface area contributed by atoms with Gasteiger partial charge in [-0.15, -0.1) is 0 Å². The molecule has 0 radical (unpaired) electrons. The molecule has 0 amide bonds. The number of nitrogens with zero attached hydrogens (tertiary/aromatic N) is 6.